The quantitative estimate of drug-likeness (QED) is 0.732. The standard InChI is InChI=1S/C12H15F2N/c1-3-4-6-9(2)15-12-10(13)7-5-8-11(12)14/h3,5,7-9,15H,1,4,6H2,2H3. The summed E-state index contributed by atoms with van der Waals surface area (Å²) in [5.41, 5.74) is -0.0472. The highest BCUT2D eigenvalue weighted by Gasteiger charge is 2.10. The van der Waals surface area contributed by atoms with Crippen LogP contribution >= 0.6 is 0 Å². The van der Waals surface area contributed by atoms with Crippen LogP contribution in [0.25, 0.3) is 0 Å². The molecular weight excluding hydrogens is 196 g/mol. The van der Waals surface area contributed by atoms with E-state index in [0.29, 0.717) is 0 Å². The summed E-state index contributed by atoms with van der Waals surface area (Å²) in [6, 6.07) is 3.86. The first-order valence-corrected chi connectivity index (χ1v) is 4.96. The minimum atomic E-state index is -0.555. The third-order valence-corrected chi connectivity index (χ3v) is 2.16. The molecule has 82 valence electrons. The van der Waals surface area contributed by atoms with Crippen LogP contribution in [0.2, 0.25) is 0 Å². The first kappa shape index (κ1) is 11.7. The Bertz CT molecular complexity index is 316. The molecule has 1 aromatic carbocycles. The Morgan fingerprint density at radius 2 is 2.00 bits per heavy atom. The summed E-state index contributed by atoms with van der Waals surface area (Å²) in [5, 5.41) is 2.82. The lowest BCUT2D eigenvalue weighted by atomic mass is 10.1. The van der Waals surface area contributed by atoms with Gasteiger partial charge in [-0.3, -0.25) is 0 Å². The molecule has 3 heteroatoms. The van der Waals surface area contributed by atoms with E-state index >= 15 is 0 Å². The summed E-state index contributed by atoms with van der Waals surface area (Å²) in [6.45, 7) is 5.48. The molecule has 0 saturated heterocycles. The monoisotopic (exact) mass is 211 g/mol. The van der Waals surface area contributed by atoms with E-state index in [1.54, 1.807) is 6.08 Å². The van der Waals surface area contributed by atoms with Gasteiger partial charge in [0.25, 0.3) is 0 Å². The topological polar surface area (TPSA) is 12.0 Å². The number of hydrogen-bond donors (Lipinski definition) is 1. The lowest BCUT2D eigenvalue weighted by molar-refractivity contribution is 0.580. The Kier molecular flexibility index (Phi) is 4.28. The van der Waals surface area contributed by atoms with E-state index in [2.05, 4.69) is 11.9 Å². The number of rotatable bonds is 5. The molecular formula is C12H15F2N. The first-order valence-electron chi connectivity index (χ1n) is 4.96. The van der Waals surface area contributed by atoms with Crippen LogP contribution in [0.3, 0.4) is 0 Å². The summed E-state index contributed by atoms with van der Waals surface area (Å²) in [4.78, 5) is 0. The van der Waals surface area contributed by atoms with Crippen LogP contribution in [0.4, 0.5) is 14.5 Å². The molecule has 0 spiro atoms. The lowest BCUT2D eigenvalue weighted by Gasteiger charge is -2.15. The highest BCUT2D eigenvalue weighted by molar-refractivity contribution is 5.46. The Balaban J connectivity index is 2.67. The first-order chi connectivity index (χ1) is 7.15. The third kappa shape index (κ3) is 3.35. The molecule has 1 N–H and O–H groups in total. The molecule has 0 aliphatic heterocycles. The van der Waals surface area contributed by atoms with Gasteiger partial charge in [0.15, 0.2) is 0 Å². The molecule has 0 aliphatic carbocycles. The molecule has 0 amide bonds. The fourth-order valence-electron chi connectivity index (χ4n) is 1.32. The highest BCUT2D eigenvalue weighted by Crippen LogP contribution is 2.19. The van der Waals surface area contributed by atoms with Gasteiger partial charge in [0.2, 0.25) is 0 Å². The maximum absolute atomic E-state index is 13.2. The molecule has 1 rings (SSSR count). The van der Waals surface area contributed by atoms with Gasteiger partial charge in [-0.1, -0.05) is 12.1 Å². The van der Waals surface area contributed by atoms with Crippen molar-refractivity contribution < 1.29 is 8.78 Å². The van der Waals surface area contributed by atoms with Crippen molar-refractivity contribution in [1.82, 2.24) is 0 Å². The molecule has 1 unspecified atom stereocenters. The lowest BCUT2D eigenvalue weighted by Crippen LogP contribution is -2.16. The van der Waals surface area contributed by atoms with Crippen LogP contribution in [0.5, 0.6) is 0 Å². The minimum absolute atomic E-state index is 0.0226. The number of hydrogen-bond acceptors (Lipinski definition) is 1. The maximum Gasteiger partial charge on any atom is 0.149 e. The number of benzene rings is 1. The van der Waals surface area contributed by atoms with E-state index in [1.165, 1.54) is 18.2 Å². The Morgan fingerprint density at radius 3 is 2.53 bits per heavy atom. The summed E-state index contributed by atoms with van der Waals surface area (Å²) < 4.78 is 26.4. The van der Waals surface area contributed by atoms with Gasteiger partial charge < -0.3 is 5.32 Å². The minimum Gasteiger partial charge on any atom is -0.378 e. The number of allylic oxidation sites excluding steroid dienone is 1. The normalized spacial score (nSPS) is 12.2. The Labute approximate surface area is 88.8 Å². The van der Waals surface area contributed by atoms with E-state index in [4.69, 9.17) is 0 Å². The largest absolute Gasteiger partial charge is 0.378 e. The van der Waals surface area contributed by atoms with E-state index < -0.39 is 11.6 Å². The predicted molar refractivity (Wildman–Crippen MR) is 58.9 cm³/mol. The van der Waals surface area contributed by atoms with Gasteiger partial charge in [-0.15, -0.1) is 6.58 Å². The second-order valence-corrected chi connectivity index (χ2v) is 3.51. The zero-order valence-corrected chi connectivity index (χ0v) is 8.76. The van der Waals surface area contributed by atoms with Crippen molar-refractivity contribution in [2.75, 3.05) is 5.32 Å². The van der Waals surface area contributed by atoms with Gasteiger partial charge in [0.05, 0.1) is 0 Å². The summed E-state index contributed by atoms with van der Waals surface area (Å²) in [5.74, 6) is -1.11. The maximum atomic E-state index is 13.2. The van der Waals surface area contributed by atoms with Crippen LogP contribution in [0.1, 0.15) is 19.8 Å². The molecule has 0 aromatic heterocycles. The van der Waals surface area contributed by atoms with Crippen molar-refractivity contribution >= 4 is 5.69 Å². The molecule has 1 atom stereocenters. The van der Waals surface area contributed by atoms with Crippen molar-refractivity contribution in [3.63, 3.8) is 0 Å². The molecule has 0 fully saturated rings. The zero-order chi connectivity index (χ0) is 11.3. The SMILES string of the molecule is C=CCCC(C)Nc1c(F)cccc1F. The van der Waals surface area contributed by atoms with Crippen molar-refractivity contribution in [3.05, 3.63) is 42.5 Å². The molecule has 1 aromatic rings. The summed E-state index contributed by atoms with van der Waals surface area (Å²) >= 11 is 0. The van der Waals surface area contributed by atoms with E-state index in [1.807, 2.05) is 6.92 Å². The fourth-order valence-corrected chi connectivity index (χ4v) is 1.32. The van der Waals surface area contributed by atoms with Crippen LogP contribution in [-0.4, -0.2) is 6.04 Å². The van der Waals surface area contributed by atoms with E-state index in [0.717, 1.165) is 12.8 Å². The van der Waals surface area contributed by atoms with Gasteiger partial charge in [-0.2, -0.15) is 0 Å². The highest BCUT2D eigenvalue weighted by atomic mass is 19.1. The van der Waals surface area contributed by atoms with Crippen LogP contribution in [0, 0.1) is 11.6 Å². The van der Waals surface area contributed by atoms with Gasteiger partial charge in [-0.25, -0.2) is 8.78 Å². The van der Waals surface area contributed by atoms with Gasteiger partial charge in [0.1, 0.15) is 17.3 Å². The molecule has 15 heavy (non-hydrogen) atoms. The van der Waals surface area contributed by atoms with Gasteiger partial charge in [-0.05, 0) is 31.9 Å². The summed E-state index contributed by atoms with van der Waals surface area (Å²) in [6.07, 6.45) is 3.41. The van der Waals surface area contributed by atoms with Crippen LogP contribution in [-0.2, 0) is 0 Å². The summed E-state index contributed by atoms with van der Waals surface area (Å²) in [7, 11) is 0. The fraction of sp³-hybridized carbons (Fsp3) is 0.333. The molecule has 0 radical (unpaired) electrons. The molecule has 0 aliphatic rings. The van der Waals surface area contributed by atoms with Crippen molar-refractivity contribution in [1.29, 1.82) is 0 Å². The van der Waals surface area contributed by atoms with E-state index in [-0.39, 0.29) is 11.7 Å². The second-order valence-electron chi connectivity index (χ2n) is 3.51. The third-order valence-electron chi connectivity index (χ3n) is 2.16. The Morgan fingerprint density at radius 1 is 1.40 bits per heavy atom. The van der Waals surface area contributed by atoms with Gasteiger partial charge in [0, 0.05) is 6.04 Å². The zero-order valence-electron chi connectivity index (χ0n) is 8.76. The van der Waals surface area contributed by atoms with Crippen LogP contribution < -0.4 is 5.32 Å². The number of halogens is 2. The van der Waals surface area contributed by atoms with Crippen molar-refractivity contribution in [3.8, 4) is 0 Å². The molecule has 0 bridgehead atoms. The average molecular weight is 211 g/mol. The smallest absolute Gasteiger partial charge is 0.149 e. The average Bonchev–Trinajstić information content (AvgIpc) is 2.21. The molecule has 1 nitrogen and oxygen atoms in total. The van der Waals surface area contributed by atoms with E-state index in [9.17, 15) is 8.78 Å². The Hall–Kier alpha value is -1.38. The van der Waals surface area contributed by atoms with Crippen LogP contribution in [0.15, 0.2) is 30.9 Å². The van der Waals surface area contributed by atoms with Crippen molar-refractivity contribution in [2.45, 2.75) is 25.8 Å². The predicted octanol–water partition coefficient (Wildman–Crippen LogP) is 3.73. The number of para-hydroxylation sites is 1. The second kappa shape index (κ2) is 5.49. The number of nitrogens with one attached hydrogen (secondary N) is 1. The molecule has 0 heterocycles. The number of anilines is 1. The van der Waals surface area contributed by atoms with Gasteiger partial charge >= 0.3 is 0 Å². The van der Waals surface area contributed by atoms with Crippen molar-refractivity contribution in [2.24, 2.45) is 0 Å². The molecule has 0 saturated carbocycles.